The van der Waals surface area contributed by atoms with Crippen LogP contribution in [0.4, 0.5) is 0 Å². The van der Waals surface area contributed by atoms with E-state index in [4.69, 9.17) is 18.9 Å². The maximum atomic E-state index is 13.2. The number of unbranched alkanes of at least 4 members (excludes halogenated alkanes) is 34. The van der Waals surface area contributed by atoms with Gasteiger partial charge in [-0.05, 0) is 38.5 Å². The molecule has 12 unspecified atom stereocenters. The molecule has 0 radical (unpaired) electrons. The first-order valence-electron chi connectivity index (χ1n) is 31.7. The van der Waals surface area contributed by atoms with Crippen LogP contribution in [-0.4, -0.2) is 140 Å². The second-order valence-electron chi connectivity index (χ2n) is 22.5. The number of allylic oxidation sites excluding steroid dienone is 5. The van der Waals surface area contributed by atoms with Gasteiger partial charge in [0.25, 0.3) is 0 Å². The smallest absolute Gasteiger partial charge is 0.220 e. The number of amides is 1. The highest BCUT2D eigenvalue weighted by Gasteiger charge is 2.51. The number of hydrogen-bond acceptors (Lipinski definition) is 13. The van der Waals surface area contributed by atoms with Gasteiger partial charge in [0.1, 0.15) is 48.8 Å². The van der Waals surface area contributed by atoms with Gasteiger partial charge in [-0.25, -0.2) is 0 Å². The Kier molecular flexibility index (Phi) is 45.3. The molecular formula is C63H117NO13. The Bertz CT molecular complexity index is 1430. The van der Waals surface area contributed by atoms with Crippen molar-refractivity contribution in [1.82, 2.24) is 5.32 Å². The minimum atomic E-state index is -1.79. The number of carbonyl (C=O) groups excluding carboxylic acids is 1. The van der Waals surface area contributed by atoms with E-state index in [0.29, 0.717) is 12.8 Å². The van der Waals surface area contributed by atoms with Crippen LogP contribution in [0.25, 0.3) is 0 Å². The number of nitrogens with one attached hydrogen (secondary N) is 1. The highest BCUT2D eigenvalue weighted by molar-refractivity contribution is 5.76. The molecule has 2 fully saturated rings. The number of ether oxygens (including phenoxy) is 4. The van der Waals surface area contributed by atoms with Gasteiger partial charge in [-0.2, -0.15) is 0 Å². The van der Waals surface area contributed by atoms with Crippen LogP contribution in [0.5, 0.6) is 0 Å². The molecule has 0 spiro atoms. The fourth-order valence-corrected chi connectivity index (χ4v) is 10.4. The fraction of sp³-hybridized carbons (Fsp3) is 0.889. The predicted molar refractivity (Wildman–Crippen MR) is 309 cm³/mol. The average Bonchev–Trinajstić information content (AvgIpc) is 3.44. The number of rotatable bonds is 51. The summed E-state index contributed by atoms with van der Waals surface area (Å²) in [7, 11) is 0. The fourth-order valence-electron chi connectivity index (χ4n) is 10.4. The van der Waals surface area contributed by atoms with Crippen LogP contribution in [-0.2, 0) is 23.7 Å². The van der Waals surface area contributed by atoms with Crippen LogP contribution in [0.2, 0.25) is 0 Å². The van der Waals surface area contributed by atoms with Crippen LogP contribution in [0.3, 0.4) is 0 Å². The lowest BCUT2D eigenvalue weighted by Gasteiger charge is -2.46. The number of aliphatic hydroxyl groups is 8. The first-order chi connectivity index (χ1) is 37.6. The van der Waals surface area contributed by atoms with E-state index in [1.165, 1.54) is 186 Å². The third-order valence-electron chi connectivity index (χ3n) is 15.6. The lowest BCUT2D eigenvalue weighted by atomic mass is 9.97. The normalized spacial score (nSPS) is 24.9. The molecule has 2 rings (SSSR count). The lowest BCUT2D eigenvalue weighted by Crippen LogP contribution is -2.65. The molecule has 9 N–H and O–H groups in total. The molecule has 77 heavy (non-hydrogen) atoms. The van der Waals surface area contributed by atoms with Crippen molar-refractivity contribution < 1.29 is 64.6 Å². The maximum Gasteiger partial charge on any atom is 0.220 e. The summed E-state index contributed by atoms with van der Waals surface area (Å²) < 4.78 is 22.7. The Labute approximate surface area is 468 Å². The van der Waals surface area contributed by atoms with Gasteiger partial charge in [-0.3, -0.25) is 4.79 Å². The van der Waals surface area contributed by atoms with E-state index in [0.717, 1.165) is 44.9 Å². The zero-order chi connectivity index (χ0) is 56.0. The summed E-state index contributed by atoms with van der Waals surface area (Å²) in [6.07, 6.45) is 43.7. The number of aliphatic hydroxyl groups excluding tert-OH is 8. The summed E-state index contributed by atoms with van der Waals surface area (Å²) >= 11 is 0. The molecule has 452 valence electrons. The number of hydrogen-bond donors (Lipinski definition) is 9. The molecule has 2 aliphatic heterocycles. The molecule has 14 nitrogen and oxygen atoms in total. The SMILES string of the molecule is CCCC/C=C/CC/C=C/CC/C=C/C(O)C(COC1OC(CO)C(OC2OC(CO)C(O)C(O)C2O)C(O)C1O)NC(=O)CCCCCCCCCCCCCCCCCCCCCCCCCCCCCCCCC. The van der Waals surface area contributed by atoms with E-state index >= 15 is 0 Å². The zero-order valence-corrected chi connectivity index (χ0v) is 48.7. The van der Waals surface area contributed by atoms with E-state index in [9.17, 15) is 45.6 Å². The topological polar surface area (TPSA) is 228 Å². The number of carbonyl (C=O) groups is 1. The van der Waals surface area contributed by atoms with Gasteiger partial charge in [-0.15, -0.1) is 0 Å². The summed E-state index contributed by atoms with van der Waals surface area (Å²) in [5.41, 5.74) is 0. The van der Waals surface area contributed by atoms with Crippen LogP contribution >= 0.6 is 0 Å². The molecule has 1 amide bonds. The third-order valence-corrected chi connectivity index (χ3v) is 15.6. The van der Waals surface area contributed by atoms with Gasteiger partial charge in [0.2, 0.25) is 5.91 Å². The van der Waals surface area contributed by atoms with Crippen LogP contribution in [0.1, 0.15) is 264 Å². The van der Waals surface area contributed by atoms with E-state index in [1.54, 1.807) is 6.08 Å². The molecule has 0 aromatic rings. The van der Waals surface area contributed by atoms with Crippen LogP contribution in [0.15, 0.2) is 36.5 Å². The van der Waals surface area contributed by atoms with Crippen LogP contribution in [0, 0.1) is 0 Å². The van der Waals surface area contributed by atoms with Gasteiger partial charge < -0.3 is 65.1 Å². The highest BCUT2D eigenvalue weighted by Crippen LogP contribution is 2.30. The Hall–Kier alpha value is -1.79. The standard InChI is InChI=1S/C63H117NO13/c1-3-5-7-9-11-13-15-17-18-19-20-21-22-23-24-25-26-27-28-29-30-31-32-33-34-35-37-39-41-43-45-47-55(68)64-51(52(67)46-44-42-40-38-36-16-14-12-10-8-6-4-2)50-74-62-60(73)58(71)61(54(49-66)76-62)77-63-59(72)57(70)56(69)53(48-65)75-63/h10,12,36,38,44,46,51-54,56-63,65-67,69-73H,3-9,11,13-35,37,39-43,45,47-50H2,1-2H3,(H,64,68)/b12-10+,38-36+,46-44+. The van der Waals surface area contributed by atoms with Crippen LogP contribution < -0.4 is 5.32 Å². The molecule has 14 heteroatoms. The van der Waals surface area contributed by atoms with Gasteiger partial charge in [0.05, 0.1) is 32.0 Å². The van der Waals surface area contributed by atoms with Crippen molar-refractivity contribution in [3.63, 3.8) is 0 Å². The van der Waals surface area contributed by atoms with Crippen molar-refractivity contribution in [3.05, 3.63) is 36.5 Å². The minimum absolute atomic E-state index is 0.250. The van der Waals surface area contributed by atoms with Gasteiger partial charge in [-0.1, -0.05) is 256 Å². The summed E-state index contributed by atoms with van der Waals surface area (Å²) in [5.74, 6) is -0.250. The molecule has 12 atom stereocenters. The largest absolute Gasteiger partial charge is 0.394 e. The molecule has 0 aliphatic carbocycles. The van der Waals surface area contributed by atoms with Gasteiger partial charge in [0.15, 0.2) is 12.6 Å². The highest BCUT2D eigenvalue weighted by atomic mass is 16.7. The van der Waals surface area contributed by atoms with E-state index in [2.05, 4.69) is 43.5 Å². The molecule has 0 aromatic heterocycles. The Balaban J connectivity index is 1.63. The van der Waals surface area contributed by atoms with Crippen molar-refractivity contribution in [1.29, 1.82) is 0 Å². The van der Waals surface area contributed by atoms with Crippen molar-refractivity contribution in [2.45, 2.75) is 338 Å². The summed E-state index contributed by atoms with van der Waals surface area (Å²) in [6.45, 7) is 2.74. The molecular weight excluding hydrogens is 979 g/mol. The Morgan fingerprint density at radius 3 is 1.26 bits per heavy atom. The molecule has 2 saturated heterocycles. The first-order valence-corrected chi connectivity index (χ1v) is 31.7. The van der Waals surface area contributed by atoms with Gasteiger partial charge >= 0.3 is 0 Å². The van der Waals surface area contributed by atoms with Crippen molar-refractivity contribution in [2.75, 3.05) is 19.8 Å². The van der Waals surface area contributed by atoms with E-state index in [-0.39, 0.29) is 18.9 Å². The second kappa shape index (κ2) is 48.9. The molecule has 2 aliphatic rings. The first kappa shape index (κ1) is 71.3. The van der Waals surface area contributed by atoms with E-state index in [1.807, 2.05) is 6.08 Å². The second-order valence-corrected chi connectivity index (χ2v) is 22.5. The quantitative estimate of drug-likeness (QED) is 0.0204. The summed E-state index contributed by atoms with van der Waals surface area (Å²) in [4.78, 5) is 13.2. The summed E-state index contributed by atoms with van der Waals surface area (Å²) in [6, 6.07) is -0.934. The predicted octanol–water partition coefficient (Wildman–Crippen LogP) is 11.4. The zero-order valence-electron chi connectivity index (χ0n) is 48.7. The molecule has 2 heterocycles. The third kappa shape index (κ3) is 34.3. The van der Waals surface area contributed by atoms with Crippen molar-refractivity contribution >= 4 is 5.91 Å². The van der Waals surface area contributed by atoms with E-state index < -0.39 is 86.8 Å². The molecule has 0 saturated carbocycles. The van der Waals surface area contributed by atoms with Crippen molar-refractivity contribution in [3.8, 4) is 0 Å². The minimum Gasteiger partial charge on any atom is -0.394 e. The molecule has 0 aromatic carbocycles. The summed E-state index contributed by atoms with van der Waals surface area (Å²) in [5, 5.41) is 86.9. The lowest BCUT2D eigenvalue weighted by molar-refractivity contribution is -0.359. The molecule has 0 bridgehead atoms. The van der Waals surface area contributed by atoms with Crippen molar-refractivity contribution in [2.24, 2.45) is 0 Å². The Morgan fingerprint density at radius 2 is 0.831 bits per heavy atom. The average molecular weight is 1100 g/mol. The Morgan fingerprint density at radius 1 is 0.455 bits per heavy atom. The maximum absolute atomic E-state index is 13.2. The monoisotopic (exact) mass is 1100 g/mol. The van der Waals surface area contributed by atoms with Gasteiger partial charge in [0, 0.05) is 6.42 Å².